The monoisotopic (exact) mass is 317 g/mol. The van der Waals surface area contributed by atoms with Crippen molar-refractivity contribution < 1.29 is 9.53 Å². The van der Waals surface area contributed by atoms with Gasteiger partial charge in [-0.15, -0.1) is 0 Å². The van der Waals surface area contributed by atoms with E-state index in [1.54, 1.807) is 0 Å². The summed E-state index contributed by atoms with van der Waals surface area (Å²) in [6, 6.07) is 10.6. The van der Waals surface area contributed by atoms with E-state index in [2.05, 4.69) is 45.9 Å². The van der Waals surface area contributed by atoms with Crippen molar-refractivity contribution >= 4 is 5.91 Å². The molecule has 2 aliphatic rings. The van der Waals surface area contributed by atoms with Crippen LogP contribution in [0.15, 0.2) is 30.3 Å². The number of likely N-dealkylation sites (tertiary alicyclic amines) is 1. The van der Waals surface area contributed by atoms with E-state index >= 15 is 0 Å². The molecule has 1 amide bonds. The van der Waals surface area contributed by atoms with Gasteiger partial charge in [-0.1, -0.05) is 30.3 Å². The van der Waals surface area contributed by atoms with Crippen molar-refractivity contribution in [3.8, 4) is 0 Å². The molecule has 2 atom stereocenters. The highest BCUT2D eigenvalue weighted by atomic mass is 16.5. The molecule has 126 valence electrons. The zero-order valence-electron chi connectivity index (χ0n) is 13.8. The average Bonchev–Trinajstić information content (AvgIpc) is 2.58. The SMILES string of the molecule is C[C@H]1OCCN[C@@H]1C(=O)NC1CCN(Cc2ccccc2)CC1. The number of nitrogens with one attached hydrogen (secondary N) is 2. The molecular formula is C18H27N3O2. The van der Waals surface area contributed by atoms with Crippen molar-refractivity contribution in [1.29, 1.82) is 0 Å². The first-order valence-corrected chi connectivity index (χ1v) is 8.64. The van der Waals surface area contributed by atoms with E-state index in [0.29, 0.717) is 6.61 Å². The Kier molecular flexibility index (Phi) is 5.65. The number of piperidine rings is 1. The van der Waals surface area contributed by atoms with Crippen molar-refractivity contribution in [1.82, 2.24) is 15.5 Å². The normalized spacial score (nSPS) is 26.8. The fraction of sp³-hybridized carbons (Fsp3) is 0.611. The lowest BCUT2D eigenvalue weighted by atomic mass is 10.0. The van der Waals surface area contributed by atoms with Crippen LogP contribution in [0, 0.1) is 0 Å². The number of hydrogen-bond donors (Lipinski definition) is 2. The minimum Gasteiger partial charge on any atom is -0.375 e. The van der Waals surface area contributed by atoms with Crippen LogP contribution in [0.1, 0.15) is 25.3 Å². The number of carbonyl (C=O) groups excluding carboxylic acids is 1. The molecule has 0 spiro atoms. The third kappa shape index (κ3) is 4.53. The largest absolute Gasteiger partial charge is 0.375 e. The number of morpholine rings is 1. The number of hydrogen-bond acceptors (Lipinski definition) is 4. The topological polar surface area (TPSA) is 53.6 Å². The van der Waals surface area contributed by atoms with Crippen LogP contribution >= 0.6 is 0 Å². The van der Waals surface area contributed by atoms with E-state index in [4.69, 9.17) is 4.74 Å². The van der Waals surface area contributed by atoms with Crippen molar-refractivity contribution in [2.75, 3.05) is 26.2 Å². The van der Waals surface area contributed by atoms with Gasteiger partial charge in [-0.2, -0.15) is 0 Å². The molecule has 2 aliphatic heterocycles. The maximum absolute atomic E-state index is 12.4. The zero-order chi connectivity index (χ0) is 16.1. The molecule has 1 aromatic carbocycles. The van der Waals surface area contributed by atoms with Gasteiger partial charge in [0.05, 0.1) is 12.7 Å². The predicted octanol–water partition coefficient (Wildman–Crippen LogP) is 1.14. The number of ether oxygens (including phenoxy) is 1. The summed E-state index contributed by atoms with van der Waals surface area (Å²) in [5, 5.41) is 6.45. The molecule has 2 saturated heterocycles. The minimum atomic E-state index is -0.217. The first kappa shape index (κ1) is 16.4. The van der Waals surface area contributed by atoms with E-state index in [0.717, 1.165) is 39.0 Å². The molecule has 0 aliphatic carbocycles. The van der Waals surface area contributed by atoms with Gasteiger partial charge in [0.1, 0.15) is 6.04 Å². The van der Waals surface area contributed by atoms with Gasteiger partial charge in [0, 0.05) is 32.2 Å². The molecule has 5 nitrogen and oxygen atoms in total. The van der Waals surface area contributed by atoms with Crippen LogP contribution < -0.4 is 10.6 Å². The molecule has 0 aromatic heterocycles. The van der Waals surface area contributed by atoms with E-state index in [1.807, 2.05) is 6.92 Å². The molecule has 0 unspecified atom stereocenters. The van der Waals surface area contributed by atoms with Gasteiger partial charge in [-0.25, -0.2) is 0 Å². The van der Waals surface area contributed by atoms with Gasteiger partial charge in [-0.05, 0) is 25.3 Å². The molecule has 23 heavy (non-hydrogen) atoms. The second kappa shape index (κ2) is 7.90. The third-order valence-electron chi connectivity index (χ3n) is 4.78. The summed E-state index contributed by atoms with van der Waals surface area (Å²) in [5.41, 5.74) is 1.35. The summed E-state index contributed by atoms with van der Waals surface area (Å²) >= 11 is 0. The smallest absolute Gasteiger partial charge is 0.240 e. The van der Waals surface area contributed by atoms with Crippen LogP contribution in [-0.2, 0) is 16.1 Å². The Labute approximate surface area is 138 Å². The van der Waals surface area contributed by atoms with Crippen LogP contribution in [0.3, 0.4) is 0 Å². The lowest BCUT2D eigenvalue weighted by Gasteiger charge is -2.35. The molecule has 1 aromatic rings. The summed E-state index contributed by atoms with van der Waals surface area (Å²) in [5.74, 6) is 0.0821. The highest BCUT2D eigenvalue weighted by molar-refractivity contribution is 5.82. The van der Waals surface area contributed by atoms with Crippen molar-refractivity contribution in [2.45, 2.75) is 44.5 Å². The lowest BCUT2D eigenvalue weighted by molar-refractivity contribution is -0.130. The number of rotatable bonds is 4. The van der Waals surface area contributed by atoms with Crippen LogP contribution in [0.2, 0.25) is 0 Å². The Morgan fingerprint density at radius 1 is 1.30 bits per heavy atom. The van der Waals surface area contributed by atoms with Crippen LogP contribution in [0.5, 0.6) is 0 Å². The standard InChI is InChI=1S/C18H27N3O2/c1-14-17(19-9-12-23-14)18(22)20-16-7-10-21(11-8-16)13-15-5-3-2-4-6-15/h2-6,14,16-17,19H,7-13H2,1H3,(H,20,22)/t14-,17+/m1/s1. The van der Waals surface area contributed by atoms with Gasteiger partial charge in [0.25, 0.3) is 0 Å². The molecular weight excluding hydrogens is 290 g/mol. The van der Waals surface area contributed by atoms with Crippen LogP contribution in [0.25, 0.3) is 0 Å². The lowest BCUT2D eigenvalue weighted by Crippen LogP contribution is -2.58. The highest BCUT2D eigenvalue weighted by Crippen LogP contribution is 2.14. The maximum Gasteiger partial charge on any atom is 0.240 e. The average molecular weight is 317 g/mol. The highest BCUT2D eigenvalue weighted by Gasteiger charge is 2.30. The number of carbonyl (C=O) groups is 1. The van der Waals surface area contributed by atoms with Gasteiger partial charge in [-0.3, -0.25) is 9.69 Å². The van der Waals surface area contributed by atoms with Crippen LogP contribution in [0.4, 0.5) is 0 Å². The summed E-state index contributed by atoms with van der Waals surface area (Å²) in [6.45, 7) is 6.45. The third-order valence-corrected chi connectivity index (χ3v) is 4.78. The zero-order valence-corrected chi connectivity index (χ0v) is 13.8. The van der Waals surface area contributed by atoms with Crippen molar-refractivity contribution in [2.24, 2.45) is 0 Å². The Hall–Kier alpha value is -1.43. The van der Waals surface area contributed by atoms with Crippen LogP contribution in [-0.4, -0.2) is 55.2 Å². The van der Waals surface area contributed by atoms with E-state index in [9.17, 15) is 4.79 Å². The minimum absolute atomic E-state index is 0.0538. The van der Waals surface area contributed by atoms with E-state index in [-0.39, 0.29) is 24.1 Å². The number of nitrogens with zero attached hydrogens (tertiary/aromatic N) is 1. The van der Waals surface area contributed by atoms with E-state index in [1.165, 1.54) is 5.56 Å². The Bertz CT molecular complexity index is 500. The molecule has 0 saturated carbocycles. The van der Waals surface area contributed by atoms with Gasteiger partial charge in [0.15, 0.2) is 0 Å². The number of benzene rings is 1. The Morgan fingerprint density at radius 3 is 2.74 bits per heavy atom. The van der Waals surface area contributed by atoms with Gasteiger partial charge >= 0.3 is 0 Å². The summed E-state index contributed by atoms with van der Waals surface area (Å²) in [4.78, 5) is 14.8. The maximum atomic E-state index is 12.4. The molecule has 5 heteroatoms. The second-order valence-electron chi connectivity index (χ2n) is 6.55. The summed E-state index contributed by atoms with van der Waals surface area (Å²) < 4.78 is 5.55. The predicted molar refractivity (Wildman–Crippen MR) is 90.1 cm³/mol. The molecule has 0 bridgehead atoms. The molecule has 2 N–H and O–H groups in total. The van der Waals surface area contributed by atoms with Crippen molar-refractivity contribution in [3.05, 3.63) is 35.9 Å². The summed E-state index contributed by atoms with van der Waals surface area (Å²) in [6.07, 6.45) is 1.98. The van der Waals surface area contributed by atoms with E-state index < -0.39 is 0 Å². The van der Waals surface area contributed by atoms with Crippen molar-refractivity contribution in [3.63, 3.8) is 0 Å². The van der Waals surface area contributed by atoms with Gasteiger partial charge < -0.3 is 15.4 Å². The molecule has 0 radical (unpaired) electrons. The first-order chi connectivity index (χ1) is 11.2. The Morgan fingerprint density at radius 2 is 2.04 bits per heavy atom. The Balaban J connectivity index is 1.43. The quantitative estimate of drug-likeness (QED) is 0.874. The molecule has 2 heterocycles. The molecule has 2 fully saturated rings. The molecule has 3 rings (SSSR count). The first-order valence-electron chi connectivity index (χ1n) is 8.64. The fourth-order valence-corrected chi connectivity index (χ4v) is 3.40. The van der Waals surface area contributed by atoms with Gasteiger partial charge in [0.2, 0.25) is 5.91 Å². The second-order valence-corrected chi connectivity index (χ2v) is 6.55. The summed E-state index contributed by atoms with van der Waals surface area (Å²) in [7, 11) is 0. The number of amides is 1. The fourth-order valence-electron chi connectivity index (χ4n) is 3.40.